The van der Waals surface area contributed by atoms with E-state index in [0.29, 0.717) is 20.7 Å². The average molecular weight is 461 g/mol. The fourth-order valence-electron chi connectivity index (χ4n) is 3.20. The number of carbonyl (C=O) groups is 1. The third-order valence-corrected chi connectivity index (χ3v) is 6.07. The summed E-state index contributed by atoms with van der Waals surface area (Å²) in [5.41, 5.74) is 0.346. The molecule has 166 valence electrons. The Morgan fingerprint density at radius 1 is 1.34 bits per heavy atom. The molecule has 1 atom stereocenters. The first-order chi connectivity index (χ1) is 15.3. The van der Waals surface area contributed by atoms with E-state index in [1.807, 2.05) is 0 Å². The Balaban J connectivity index is 1.54. The maximum atomic E-state index is 13.4. The van der Waals surface area contributed by atoms with Crippen LogP contribution in [0.5, 0.6) is 0 Å². The SMILES string of the molecule is CNC(=O)c1sc2ncn(Cc3nc(C[C@H](O)c4ccc(F)c(F)c4)no3)c(=O)c2c1C. The highest BCUT2D eigenvalue weighted by Crippen LogP contribution is 2.26. The summed E-state index contributed by atoms with van der Waals surface area (Å²) in [4.78, 5) is 34.2. The van der Waals surface area contributed by atoms with Gasteiger partial charge in [0.15, 0.2) is 17.5 Å². The molecule has 0 spiro atoms. The zero-order valence-electron chi connectivity index (χ0n) is 16.9. The highest BCUT2D eigenvalue weighted by atomic mass is 32.1. The summed E-state index contributed by atoms with van der Waals surface area (Å²) in [6.07, 6.45) is 0.0570. The summed E-state index contributed by atoms with van der Waals surface area (Å²) in [6.45, 7) is 1.61. The Labute approximate surface area is 183 Å². The van der Waals surface area contributed by atoms with Crippen LogP contribution >= 0.6 is 11.3 Å². The lowest BCUT2D eigenvalue weighted by molar-refractivity contribution is 0.0966. The van der Waals surface area contributed by atoms with Crippen LogP contribution in [0.3, 0.4) is 0 Å². The molecule has 0 fully saturated rings. The van der Waals surface area contributed by atoms with Crippen molar-refractivity contribution in [3.8, 4) is 0 Å². The Bertz CT molecular complexity index is 1380. The van der Waals surface area contributed by atoms with Gasteiger partial charge in [-0.25, -0.2) is 13.8 Å². The number of fused-ring (bicyclic) bond motifs is 1. The van der Waals surface area contributed by atoms with E-state index in [1.165, 1.54) is 24.0 Å². The van der Waals surface area contributed by atoms with Gasteiger partial charge in [-0.3, -0.25) is 14.2 Å². The molecule has 1 aromatic carbocycles. The number of aliphatic hydroxyl groups excluding tert-OH is 1. The van der Waals surface area contributed by atoms with E-state index in [4.69, 9.17) is 4.52 Å². The number of hydrogen-bond donors (Lipinski definition) is 2. The molecular formula is C20H17F2N5O4S. The van der Waals surface area contributed by atoms with Gasteiger partial charge in [-0.2, -0.15) is 4.98 Å². The van der Waals surface area contributed by atoms with Gasteiger partial charge in [-0.05, 0) is 30.2 Å². The first-order valence-corrected chi connectivity index (χ1v) is 10.2. The maximum absolute atomic E-state index is 13.4. The number of benzene rings is 1. The summed E-state index contributed by atoms with van der Waals surface area (Å²) in [5, 5.41) is 16.9. The molecule has 0 aliphatic rings. The lowest BCUT2D eigenvalue weighted by atomic mass is 10.1. The number of aliphatic hydroxyl groups is 1. The zero-order chi connectivity index (χ0) is 23.0. The van der Waals surface area contributed by atoms with E-state index < -0.39 is 17.7 Å². The monoisotopic (exact) mass is 461 g/mol. The van der Waals surface area contributed by atoms with Crippen LogP contribution in [-0.2, 0) is 13.0 Å². The minimum atomic E-state index is -1.17. The van der Waals surface area contributed by atoms with Crippen LogP contribution in [0.2, 0.25) is 0 Å². The zero-order valence-corrected chi connectivity index (χ0v) is 17.7. The summed E-state index contributed by atoms with van der Waals surface area (Å²) in [5.74, 6) is -2.14. The molecule has 0 aliphatic carbocycles. The summed E-state index contributed by atoms with van der Waals surface area (Å²) >= 11 is 1.13. The lowest BCUT2D eigenvalue weighted by Crippen LogP contribution is -2.22. The van der Waals surface area contributed by atoms with Crippen LogP contribution in [0.25, 0.3) is 10.2 Å². The van der Waals surface area contributed by atoms with Gasteiger partial charge in [0.05, 0.1) is 22.7 Å². The standard InChI is InChI=1S/C20H17F2N5O4S/c1-9-16-19(32-17(9)18(29)23-2)24-8-27(20(16)30)7-15-25-14(26-31-15)6-13(28)10-3-4-11(21)12(22)5-10/h3-5,8,13,28H,6-7H2,1-2H3,(H,23,29)/t13-/m0/s1. The molecular weight excluding hydrogens is 444 g/mol. The van der Waals surface area contributed by atoms with Crippen molar-refractivity contribution in [2.24, 2.45) is 0 Å². The minimum Gasteiger partial charge on any atom is -0.388 e. The van der Waals surface area contributed by atoms with Gasteiger partial charge in [-0.1, -0.05) is 11.2 Å². The van der Waals surface area contributed by atoms with Crippen molar-refractivity contribution in [3.05, 3.63) is 74.2 Å². The second kappa shape index (κ2) is 8.55. The van der Waals surface area contributed by atoms with Crippen molar-refractivity contribution in [2.75, 3.05) is 7.05 Å². The van der Waals surface area contributed by atoms with Crippen molar-refractivity contribution in [3.63, 3.8) is 0 Å². The smallest absolute Gasteiger partial charge is 0.262 e. The number of rotatable bonds is 6. The van der Waals surface area contributed by atoms with Crippen molar-refractivity contribution in [1.29, 1.82) is 0 Å². The van der Waals surface area contributed by atoms with E-state index in [1.54, 1.807) is 6.92 Å². The molecule has 0 saturated heterocycles. The van der Waals surface area contributed by atoms with Crippen LogP contribution in [0.1, 0.15) is 38.6 Å². The number of amides is 1. The van der Waals surface area contributed by atoms with Crippen LogP contribution in [0, 0.1) is 18.6 Å². The number of nitrogens with zero attached hydrogens (tertiary/aromatic N) is 4. The number of halogens is 2. The van der Waals surface area contributed by atoms with E-state index in [-0.39, 0.29) is 41.7 Å². The largest absolute Gasteiger partial charge is 0.388 e. The molecule has 3 heterocycles. The molecule has 0 unspecified atom stereocenters. The predicted octanol–water partition coefficient (Wildman–Crippen LogP) is 2.11. The molecule has 0 aliphatic heterocycles. The Kier molecular flexibility index (Phi) is 5.80. The molecule has 0 radical (unpaired) electrons. The topological polar surface area (TPSA) is 123 Å². The quantitative estimate of drug-likeness (QED) is 0.451. The molecule has 12 heteroatoms. The van der Waals surface area contributed by atoms with Gasteiger partial charge in [0.2, 0.25) is 5.89 Å². The van der Waals surface area contributed by atoms with Crippen molar-refractivity contribution in [1.82, 2.24) is 25.0 Å². The van der Waals surface area contributed by atoms with E-state index >= 15 is 0 Å². The van der Waals surface area contributed by atoms with Gasteiger partial charge in [0.1, 0.15) is 11.4 Å². The third-order valence-electron chi connectivity index (χ3n) is 4.87. The molecule has 3 aromatic heterocycles. The number of aryl methyl sites for hydroxylation is 1. The highest BCUT2D eigenvalue weighted by molar-refractivity contribution is 7.20. The molecule has 4 aromatic rings. The van der Waals surface area contributed by atoms with Gasteiger partial charge in [0, 0.05) is 13.5 Å². The first kappa shape index (κ1) is 21.7. The molecule has 2 N–H and O–H groups in total. The molecule has 0 bridgehead atoms. The Morgan fingerprint density at radius 3 is 2.84 bits per heavy atom. The molecule has 32 heavy (non-hydrogen) atoms. The number of aromatic nitrogens is 4. The molecule has 9 nitrogen and oxygen atoms in total. The Morgan fingerprint density at radius 2 is 2.12 bits per heavy atom. The first-order valence-electron chi connectivity index (χ1n) is 9.43. The van der Waals surface area contributed by atoms with Gasteiger partial charge in [-0.15, -0.1) is 11.3 Å². The average Bonchev–Trinajstić information content (AvgIpc) is 3.35. The van der Waals surface area contributed by atoms with Crippen LogP contribution in [0.15, 0.2) is 33.8 Å². The van der Waals surface area contributed by atoms with Crippen molar-refractivity contribution < 1.29 is 23.2 Å². The van der Waals surface area contributed by atoms with Crippen molar-refractivity contribution >= 4 is 27.5 Å². The van der Waals surface area contributed by atoms with Gasteiger partial charge < -0.3 is 14.9 Å². The normalized spacial score (nSPS) is 12.3. The van der Waals surface area contributed by atoms with E-state index in [0.717, 1.165) is 23.5 Å². The number of hydrogen-bond acceptors (Lipinski definition) is 8. The predicted molar refractivity (Wildman–Crippen MR) is 110 cm³/mol. The second-order valence-electron chi connectivity index (χ2n) is 6.99. The second-order valence-corrected chi connectivity index (χ2v) is 7.99. The van der Waals surface area contributed by atoms with Crippen LogP contribution in [-0.4, -0.2) is 37.8 Å². The number of thiophene rings is 1. The number of nitrogens with one attached hydrogen (secondary N) is 1. The Hall–Kier alpha value is -3.51. The summed E-state index contributed by atoms with van der Waals surface area (Å²) < 4.78 is 32.9. The summed E-state index contributed by atoms with van der Waals surface area (Å²) in [6, 6.07) is 3.09. The third kappa shape index (κ3) is 4.01. The fraction of sp³-hybridized carbons (Fsp3) is 0.250. The maximum Gasteiger partial charge on any atom is 0.262 e. The lowest BCUT2D eigenvalue weighted by Gasteiger charge is -2.08. The molecule has 0 saturated carbocycles. The molecule has 4 rings (SSSR count). The van der Waals surface area contributed by atoms with Crippen molar-refractivity contribution in [2.45, 2.75) is 26.0 Å². The van der Waals surface area contributed by atoms with Gasteiger partial charge in [0.25, 0.3) is 11.5 Å². The number of carbonyl (C=O) groups excluding carboxylic acids is 1. The van der Waals surface area contributed by atoms with Crippen LogP contribution < -0.4 is 10.9 Å². The van der Waals surface area contributed by atoms with Crippen LogP contribution in [0.4, 0.5) is 8.78 Å². The fourth-order valence-corrected chi connectivity index (χ4v) is 4.28. The van der Waals surface area contributed by atoms with Gasteiger partial charge >= 0.3 is 0 Å². The van der Waals surface area contributed by atoms with E-state index in [9.17, 15) is 23.5 Å². The summed E-state index contributed by atoms with van der Waals surface area (Å²) in [7, 11) is 1.51. The molecule has 1 amide bonds. The highest BCUT2D eigenvalue weighted by Gasteiger charge is 2.20. The minimum absolute atomic E-state index is 0.0688. The van der Waals surface area contributed by atoms with E-state index in [2.05, 4.69) is 20.4 Å².